The summed E-state index contributed by atoms with van der Waals surface area (Å²) >= 11 is 11.7. The molecule has 0 fully saturated rings. The van der Waals surface area contributed by atoms with E-state index in [1.165, 1.54) is 0 Å². The third kappa shape index (κ3) is 4.94. The first kappa shape index (κ1) is 25.7. The molecule has 15 heteroatoms. The largest absolute Gasteiger partial charge is 0.435 e. The van der Waals surface area contributed by atoms with Crippen molar-refractivity contribution in [1.29, 1.82) is 0 Å². The summed E-state index contributed by atoms with van der Waals surface area (Å²) in [6.45, 7) is 0. The van der Waals surface area contributed by atoms with Crippen LogP contribution >= 0.6 is 23.2 Å². The summed E-state index contributed by atoms with van der Waals surface area (Å²) < 4.78 is 121. The summed E-state index contributed by atoms with van der Waals surface area (Å²) in [5.41, 5.74) is -5.26. The minimum Gasteiger partial charge on any atom is -0.392 e. The van der Waals surface area contributed by atoms with E-state index in [1.807, 2.05) is 0 Å². The molecule has 0 aliphatic carbocycles. The Hall–Kier alpha value is -2.93. The smallest absolute Gasteiger partial charge is 0.392 e. The standard InChI is InChI=1S/C19H8Cl2F9N3O/c20-8-4-9(21)6-10(5-8)33-15(32-14(19(28,29)30)13(31)16(33)34)11-2-1-7(17(22,23)24)3-12(11)18(25,26)27/h1-6H,31H2. The lowest BCUT2D eigenvalue weighted by Crippen LogP contribution is -2.30. The van der Waals surface area contributed by atoms with E-state index in [2.05, 4.69) is 4.98 Å². The number of aromatic nitrogens is 2. The van der Waals surface area contributed by atoms with Crippen LogP contribution in [0.3, 0.4) is 0 Å². The molecular formula is C19H8Cl2F9N3O. The van der Waals surface area contributed by atoms with Crippen LogP contribution in [0.2, 0.25) is 10.0 Å². The molecular weight excluding hydrogens is 528 g/mol. The Bertz CT molecular complexity index is 1310. The highest BCUT2D eigenvalue weighted by Gasteiger charge is 2.42. The zero-order valence-corrected chi connectivity index (χ0v) is 17.5. The second-order valence-corrected chi connectivity index (χ2v) is 7.59. The topological polar surface area (TPSA) is 60.9 Å². The SMILES string of the molecule is Nc1c(C(F)(F)F)nc(-c2ccc(C(F)(F)F)cc2C(F)(F)F)n(-c2cc(Cl)cc(Cl)c2)c1=O. The Labute approximate surface area is 193 Å². The number of alkyl halides is 9. The molecule has 0 bridgehead atoms. The molecule has 0 aliphatic rings. The maximum absolute atomic E-state index is 13.7. The van der Waals surface area contributed by atoms with Gasteiger partial charge in [-0.05, 0) is 30.3 Å². The van der Waals surface area contributed by atoms with E-state index in [1.54, 1.807) is 0 Å². The van der Waals surface area contributed by atoms with Crippen molar-refractivity contribution in [2.45, 2.75) is 18.5 Å². The Morgan fingerprint density at radius 2 is 1.35 bits per heavy atom. The van der Waals surface area contributed by atoms with Crippen LogP contribution in [-0.2, 0) is 18.5 Å². The molecule has 2 aromatic carbocycles. The molecule has 0 unspecified atom stereocenters. The fourth-order valence-corrected chi connectivity index (χ4v) is 3.50. The summed E-state index contributed by atoms with van der Waals surface area (Å²) in [4.78, 5) is 15.9. The van der Waals surface area contributed by atoms with E-state index in [0.717, 1.165) is 18.2 Å². The number of hydrogen-bond acceptors (Lipinski definition) is 3. The number of halogens is 11. The van der Waals surface area contributed by atoms with Crippen molar-refractivity contribution in [3.63, 3.8) is 0 Å². The Morgan fingerprint density at radius 1 is 0.794 bits per heavy atom. The molecule has 0 saturated carbocycles. The molecule has 4 nitrogen and oxygen atoms in total. The molecule has 182 valence electrons. The fourth-order valence-electron chi connectivity index (χ4n) is 2.99. The molecule has 1 aromatic heterocycles. The van der Waals surface area contributed by atoms with Gasteiger partial charge < -0.3 is 5.73 Å². The zero-order chi connectivity index (χ0) is 25.8. The van der Waals surface area contributed by atoms with Crippen molar-refractivity contribution in [3.8, 4) is 17.1 Å². The summed E-state index contributed by atoms with van der Waals surface area (Å²) in [6, 6.07) is 3.23. The van der Waals surface area contributed by atoms with Crippen LogP contribution in [0.5, 0.6) is 0 Å². The van der Waals surface area contributed by atoms with Crippen molar-refractivity contribution in [2.24, 2.45) is 0 Å². The summed E-state index contributed by atoms with van der Waals surface area (Å²) in [5, 5.41) is -0.329. The van der Waals surface area contributed by atoms with Crippen molar-refractivity contribution in [2.75, 3.05) is 5.73 Å². The van der Waals surface area contributed by atoms with Crippen LogP contribution in [0.1, 0.15) is 16.8 Å². The van der Waals surface area contributed by atoms with Crippen LogP contribution in [0.15, 0.2) is 41.2 Å². The van der Waals surface area contributed by atoms with Gasteiger partial charge in [0, 0.05) is 15.6 Å². The van der Waals surface area contributed by atoms with E-state index in [-0.39, 0.29) is 32.8 Å². The lowest BCUT2D eigenvalue weighted by molar-refractivity contribution is -0.142. The number of nitrogen functional groups attached to an aromatic ring is 1. The van der Waals surface area contributed by atoms with Crippen molar-refractivity contribution >= 4 is 28.9 Å². The maximum atomic E-state index is 13.7. The average molecular weight is 536 g/mol. The number of rotatable bonds is 2. The summed E-state index contributed by atoms with van der Waals surface area (Å²) in [6.07, 6.45) is -16.1. The van der Waals surface area contributed by atoms with E-state index in [0.29, 0.717) is 0 Å². The monoisotopic (exact) mass is 535 g/mol. The molecule has 1 heterocycles. The number of nitrogens with two attached hydrogens (primary N) is 1. The highest BCUT2D eigenvalue weighted by molar-refractivity contribution is 6.34. The van der Waals surface area contributed by atoms with E-state index in [4.69, 9.17) is 28.9 Å². The van der Waals surface area contributed by atoms with Gasteiger partial charge in [-0.2, -0.15) is 39.5 Å². The van der Waals surface area contributed by atoms with Crippen molar-refractivity contribution in [1.82, 2.24) is 9.55 Å². The number of anilines is 1. The van der Waals surface area contributed by atoms with Crippen LogP contribution < -0.4 is 11.3 Å². The first-order valence-corrected chi connectivity index (χ1v) is 9.42. The second kappa shape index (κ2) is 8.38. The van der Waals surface area contributed by atoms with Gasteiger partial charge in [0.2, 0.25) is 0 Å². The zero-order valence-electron chi connectivity index (χ0n) is 16.0. The average Bonchev–Trinajstić information content (AvgIpc) is 2.66. The molecule has 2 N–H and O–H groups in total. The highest BCUT2D eigenvalue weighted by atomic mass is 35.5. The van der Waals surface area contributed by atoms with Gasteiger partial charge in [0.15, 0.2) is 5.69 Å². The third-order valence-corrected chi connectivity index (χ3v) is 4.82. The normalized spacial score (nSPS) is 12.8. The quantitative estimate of drug-likeness (QED) is 0.365. The van der Waals surface area contributed by atoms with Gasteiger partial charge in [-0.3, -0.25) is 9.36 Å². The number of benzene rings is 2. The summed E-state index contributed by atoms with van der Waals surface area (Å²) in [5.74, 6) is -1.29. The molecule has 0 amide bonds. The van der Waals surface area contributed by atoms with Gasteiger partial charge >= 0.3 is 18.5 Å². The van der Waals surface area contributed by atoms with Crippen molar-refractivity contribution < 1.29 is 39.5 Å². The van der Waals surface area contributed by atoms with Crippen LogP contribution in [-0.4, -0.2) is 9.55 Å². The van der Waals surface area contributed by atoms with Crippen LogP contribution in [0, 0.1) is 0 Å². The third-order valence-electron chi connectivity index (χ3n) is 4.39. The number of hydrogen-bond donors (Lipinski definition) is 1. The van der Waals surface area contributed by atoms with Crippen LogP contribution in [0.25, 0.3) is 17.1 Å². The molecule has 34 heavy (non-hydrogen) atoms. The molecule has 0 saturated heterocycles. The molecule has 3 aromatic rings. The van der Waals surface area contributed by atoms with Gasteiger partial charge in [-0.1, -0.05) is 29.3 Å². The van der Waals surface area contributed by atoms with Gasteiger partial charge in [0.25, 0.3) is 5.56 Å². The van der Waals surface area contributed by atoms with Gasteiger partial charge in [-0.15, -0.1) is 0 Å². The van der Waals surface area contributed by atoms with Crippen LogP contribution in [0.4, 0.5) is 45.2 Å². The van der Waals surface area contributed by atoms with Gasteiger partial charge in [0.05, 0.1) is 16.8 Å². The molecule has 3 rings (SSSR count). The molecule has 0 spiro atoms. The van der Waals surface area contributed by atoms with Gasteiger partial charge in [0.1, 0.15) is 11.5 Å². The lowest BCUT2D eigenvalue weighted by Gasteiger charge is -2.21. The number of nitrogens with zero attached hydrogens (tertiary/aromatic N) is 2. The maximum Gasteiger partial charge on any atom is 0.435 e. The Morgan fingerprint density at radius 3 is 1.82 bits per heavy atom. The predicted molar refractivity (Wildman–Crippen MR) is 105 cm³/mol. The minimum absolute atomic E-state index is 0.165. The fraction of sp³-hybridized carbons (Fsp3) is 0.158. The first-order chi connectivity index (χ1) is 15.4. The van der Waals surface area contributed by atoms with E-state index in [9.17, 15) is 44.3 Å². The highest BCUT2D eigenvalue weighted by Crippen LogP contribution is 2.42. The molecule has 0 aliphatic heterocycles. The Balaban J connectivity index is 2.53. The molecule has 0 radical (unpaired) electrons. The van der Waals surface area contributed by atoms with Crippen molar-refractivity contribution in [3.05, 3.63) is 73.6 Å². The molecule has 0 atom stereocenters. The second-order valence-electron chi connectivity index (χ2n) is 6.72. The lowest BCUT2D eigenvalue weighted by atomic mass is 10.0. The Kier molecular flexibility index (Phi) is 6.33. The van der Waals surface area contributed by atoms with Gasteiger partial charge in [-0.25, -0.2) is 4.98 Å². The first-order valence-electron chi connectivity index (χ1n) is 8.66. The minimum atomic E-state index is -5.48. The van der Waals surface area contributed by atoms with E-state index >= 15 is 0 Å². The summed E-state index contributed by atoms with van der Waals surface area (Å²) in [7, 11) is 0. The predicted octanol–water partition coefficient (Wildman–Crippen LogP) is 6.84. The van der Waals surface area contributed by atoms with E-state index < -0.39 is 63.7 Å².